The molecular formula is C25H33ClN4O2. The minimum absolute atomic E-state index is 0.0465. The van der Waals surface area contributed by atoms with Crippen LogP contribution in [-0.4, -0.2) is 60.9 Å². The smallest absolute Gasteiger partial charge is 0.251 e. The van der Waals surface area contributed by atoms with Crippen LogP contribution < -0.4 is 10.6 Å². The van der Waals surface area contributed by atoms with Gasteiger partial charge in [0, 0.05) is 49.9 Å². The summed E-state index contributed by atoms with van der Waals surface area (Å²) in [5.74, 6) is -0.522. The van der Waals surface area contributed by atoms with Gasteiger partial charge >= 0.3 is 0 Å². The highest BCUT2D eigenvalue weighted by Crippen LogP contribution is 2.12. The molecule has 1 aliphatic heterocycles. The summed E-state index contributed by atoms with van der Waals surface area (Å²) in [6.45, 7) is 9.51. The summed E-state index contributed by atoms with van der Waals surface area (Å²) in [6, 6.07) is 14.3. The Morgan fingerprint density at radius 2 is 1.66 bits per heavy atom. The van der Waals surface area contributed by atoms with Gasteiger partial charge in [-0.3, -0.25) is 14.5 Å². The number of likely N-dealkylation sites (N-methyl/N-ethyl adjacent to an activating group) is 1. The van der Waals surface area contributed by atoms with E-state index in [0.717, 1.165) is 38.3 Å². The molecule has 172 valence electrons. The molecule has 2 aromatic carbocycles. The third-order valence-corrected chi connectivity index (χ3v) is 6.05. The molecule has 1 aliphatic rings. The lowest BCUT2D eigenvalue weighted by Crippen LogP contribution is -2.49. The molecule has 0 aliphatic carbocycles. The van der Waals surface area contributed by atoms with Gasteiger partial charge in [-0.2, -0.15) is 0 Å². The van der Waals surface area contributed by atoms with Gasteiger partial charge in [-0.15, -0.1) is 0 Å². The number of nitrogens with zero attached hydrogens (tertiary/aromatic N) is 2. The van der Waals surface area contributed by atoms with Crippen molar-refractivity contribution in [2.75, 3.05) is 33.2 Å². The zero-order valence-electron chi connectivity index (χ0n) is 19.1. The van der Waals surface area contributed by atoms with Crippen molar-refractivity contribution in [2.24, 2.45) is 5.92 Å². The van der Waals surface area contributed by atoms with Gasteiger partial charge in [0.2, 0.25) is 5.91 Å². The number of piperazine rings is 1. The second-order valence-corrected chi connectivity index (χ2v) is 9.26. The van der Waals surface area contributed by atoms with Gasteiger partial charge in [0.15, 0.2) is 0 Å². The van der Waals surface area contributed by atoms with Crippen LogP contribution in [0.1, 0.15) is 35.3 Å². The Morgan fingerprint density at radius 1 is 1.00 bits per heavy atom. The van der Waals surface area contributed by atoms with E-state index in [-0.39, 0.29) is 17.7 Å². The van der Waals surface area contributed by atoms with Crippen LogP contribution in [0.25, 0.3) is 0 Å². The normalized spacial score (nSPS) is 16.0. The van der Waals surface area contributed by atoms with Crippen molar-refractivity contribution >= 4 is 23.4 Å². The molecule has 0 spiro atoms. The maximum Gasteiger partial charge on any atom is 0.251 e. The third kappa shape index (κ3) is 7.05. The van der Waals surface area contributed by atoms with Gasteiger partial charge in [-0.05, 0) is 48.4 Å². The van der Waals surface area contributed by atoms with Gasteiger partial charge in [0.1, 0.15) is 6.04 Å². The monoisotopic (exact) mass is 456 g/mol. The summed E-state index contributed by atoms with van der Waals surface area (Å²) >= 11 is 5.89. The molecule has 1 heterocycles. The number of hydrogen-bond donors (Lipinski definition) is 2. The summed E-state index contributed by atoms with van der Waals surface area (Å²) in [7, 11) is 2.16. The molecule has 2 amide bonds. The SMILES string of the molecule is CC(C)C(NC(=O)c1ccc(Cl)cc1)C(=O)NCc1cccc(CN2CCN(C)CC2)c1. The summed E-state index contributed by atoms with van der Waals surface area (Å²) in [5, 5.41) is 6.41. The van der Waals surface area contributed by atoms with Crippen LogP contribution in [0.5, 0.6) is 0 Å². The second-order valence-electron chi connectivity index (χ2n) is 8.82. The largest absolute Gasteiger partial charge is 0.350 e. The maximum atomic E-state index is 12.9. The fourth-order valence-electron chi connectivity index (χ4n) is 3.76. The Morgan fingerprint density at radius 3 is 2.31 bits per heavy atom. The quantitative estimate of drug-likeness (QED) is 0.640. The van der Waals surface area contributed by atoms with Crippen LogP contribution in [0.2, 0.25) is 5.02 Å². The number of halogens is 1. The average molecular weight is 457 g/mol. The van der Waals surface area contributed by atoms with Crippen molar-refractivity contribution < 1.29 is 9.59 Å². The third-order valence-electron chi connectivity index (χ3n) is 5.80. The van der Waals surface area contributed by atoms with Crippen molar-refractivity contribution in [1.29, 1.82) is 0 Å². The molecule has 2 aromatic rings. The van der Waals surface area contributed by atoms with Gasteiger partial charge < -0.3 is 15.5 Å². The fraction of sp³-hybridized carbons (Fsp3) is 0.440. The van der Waals surface area contributed by atoms with Crippen LogP contribution in [0, 0.1) is 5.92 Å². The molecule has 0 saturated carbocycles. The van der Waals surface area contributed by atoms with Crippen molar-refractivity contribution in [3.8, 4) is 0 Å². The predicted molar refractivity (Wildman–Crippen MR) is 129 cm³/mol. The number of carbonyl (C=O) groups excluding carboxylic acids is 2. The van der Waals surface area contributed by atoms with E-state index in [1.54, 1.807) is 24.3 Å². The average Bonchev–Trinajstić information content (AvgIpc) is 2.78. The molecule has 1 fully saturated rings. The molecule has 3 rings (SSSR count). The standard InChI is InChI=1S/C25H33ClN4O2/c1-18(2)23(28-24(31)21-7-9-22(26)10-8-21)25(32)27-16-19-5-4-6-20(15-19)17-30-13-11-29(3)12-14-30/h4-10,15,18,23H,11-14,16-17H2,1-3H3,(H,27,32)(H,28,31). The van der Waals surface area contributed by atoms with E-state index in [4.69, 9.17) is 11.6 Å². The van der Waals surface area contributed by atoms with Crippen molar-refractivity contribution in [3.63, 3.8) is 0 Å². The maximum absolute atomic E-state index is 12.9. The summed E-state index contributed by atoms with van der Waals surface area (Å²) < 4.78 is 0. The summed E-state index contributed by atoms with van der Waals surface area (Å²) in [6.07, 6.45) is 0. The van der Waals surface area contributed by atoms with E-state index in [1.807, 2.05) is 26.0 Å². The van der Waals surface area contributed by atoms with Crippen molar-refractivity contribution in [3.05, 3.63) is 70.2 Å². The fourth-order valence-corrected chi connectivity index (χ4v) is 3.89. The van der Waals surface area contributed by atoms with E-state index in [9.17, 15) is 9.59 Å². The van der Waals surface area contributed by atoms with Crippen LogP contribution >= 0.6 is 11.6 Å². The van der Waals surface area contributed by atoms with E-state index in [0.29, 0.717) is 17.1 Å². The Bertz CT molecular complexity index is 908. The molecule has 0 bridgehead atoms. The second kappa shape index (κ2) is 11.5. The Labute approximate surface area is 195 Å². The Kier molecular flexibility index (Phi) is 8.67. The van der Waals surface area contributed by atoms with Gasteiger partial charge in [-0.1, -0.05) is 49.7 Å². The highest BCUT2D eigenvalue weighted by atomic mass is 35.5. The summed E-state index contributed by atoms with van der Waals surface area (Å²) in [5.41, 5.74) is 2.78. The molecular weight excluding hydrogens is 424 g/mol. The topological polar surface area (TPSA) is 64.7 Å². The lowest BCUT2D eigenvalue weighted by Gasteiger charge is -2.32. The first-order valence-electron chi connectivity index (χ1n) is 11.1. The number of rotatable bonds is 8. The first-order chi connectivity index (χ1) is 15.3. The first kappa shape index (κ1) is 24.2. The van der Waals surface area contributed by atoms with E-state index in [1.165, 1.54) is 5.56 Å². The molecule has 0 aromatic heterocycles. The van der Waals surface area contributed by atoms with E-state index >= 15 is 0 Å². The number of amides is 2. The molecule has 7 heteroatoms. The lowest BCUT2D eigenvalue weighted by atomic mass is 10.0. The minimum Gasteiger partial charge on any atom is -0.350 e. The zero-order valence-corrected chi connectivity index (χ0v) is 19.9. The molecule has 0 radical (unpaired) electrons. The van der Waals surface area contributed by atoms with Gasteiger partial charge in [-0.25, -0.2) is 0 Å². The predicted octanol–water partition coefficient (Wildman–Crippen LogP) is 3.16. The molecule has 32 heavy (non-hydrogen) atoms. The number of benzene rings is 2. The molecule has 1 unspecified atom stereocenters. The van der Waals surface area contributed by atoms with Gasteiger partial charge in [0.25, 0.3) is 5.91 Å². The zero-order chi connectivity index (χ0) is 23.1. The van der Waals surface area contributed by atoms with Crippen molar-refractivity contribution in [2.45, 2.75) is 33.0 Å². The van der Waals surface area contributed by atoms with Crippen LogP contribution in [0.3, 0.4) is 0 Å². The number of hydrogen-bond acceptors (Lipinski definition) is 4. The lowest BCUT2D eigenvalue weighted by molar-refractivity contribution is -0.124. The molecule has 2 N–H and O–H groups in total. The highest BCUT2D eigenvalue weighted by Gasteiger charge is 2.24. The highest BCUT2D eigenvalue weighted by molar-refractivity contribution is 6.30. The Balaban J connectivity index is 1.55. The molecule has 6 nitrogen and oxygen atoms in total. The van der Waals surface area contributed by atoms with E-state index in [2.05, 4.69) is 39.6 Å². The number of nitrogens with one attached hydrogen (secondary N) is 2. The van der Waals surface area contributed by atoms with E-state index < -0.39 is 6.04 Å². The van der Waals surface area contributed by atoms with Crippen LogP contribution in [-0.2, 0) is 17.9 Å². The van der Waals surface area contributed by atoms with Crippen LogP contribution in [0.15, 0.2) is 48.5 Å². The van der Waals surface area contributed by atoms with Crippen molar-refractivity contribution in [1.82, 2.24) is 20.4 Å². The van der Waals surface area contributed by atoms with Gasteiger partial charge in [0.05, 0.1) is 0 Å². The number of carbonyl (C=O) groups is 2. The molecule has 1 saturated heterocycles. The minimum atomic E-state index is -0.619. The van der Waals surface area contributed by atoms with Crippen LogP contribution in [0.4, 0.5) is 0 Å². The summed E-state index contributed by atoms with van der Waals surface area (Å²) in [4.78, 5) is 30.2. The Hall–Kier alpha value is -2.41. The molecule has 1 atom stereocenters. The first-order valence-corrected chi connectivity index (χ1v) is 11.5.